The zero-order chi connectivity index (χ0) is 13.7. The Morgan fingerprint density at radius 1 is 1.47 bits per heavy atom. The van der Waals surface area contributed by atoms with Crippen molar-refractivity contribution in [1.82, 2.24) is 5.32 Å². The van der Waals surface area contributed by atoms with E-state index >= 15 is 0 Å². The van der Waals surface area contributed by atoms with E-state index in [0.29, 0.717) is 6.10 Å². The predicted octanol–water partition coefficient (Wildman–Crippen LogP) is 3.06. The van der Waals surface area contributed by atoms with Crippen molar-refractivity contribution in [3.05, 3.63) is 28.8 Å². The number of likely N-dealkylation sites (N-methyl/N-ethyl adjacent to an activating group) is 1. The van der Waals surface area contributed by atoms with E-state index in [4.69, 9.17) is 16.3 Å². The molecule has 2 rings (SSSR count). The van der Waals surface area contributed by atoms with E-state index in [2.05, 4.69) is 36.3 Å². The van der Waals surface area contributed by atoms with E-state index in [1.165, 1.54) is 6.42 Å². The van der Waals surface area contributed by atoms with Crippen LogP contribution in [-0.4, -0.2) is 32.8 Å². The van der Waals surface area contributed by atoms with Gasteiger partial charge in [-0.3, -0.25) is 0 Å². The standard InChI is InChI=1S/C15H23ClN2O/c1-3-17-10-12-6-7-13(9-15(12)16)18(2)11-14-5-4-8-19-14/h6-7,9,14,17H,3-5,8,10-11H2,1-2H3. The number of nitrogens with one attached hydrogen (secondary N) is 1. The van der Waals surface area contributed by atoms with Crippen LogP contribution in [-0.2, 0) is 11.3 Å². The normalized spacial score (nSPS) is 18.8. The smallest absolute Gasteiger partial charge is 0.0750 e. The number of halogens is 1. The first kappa shape index (κ1) is 14.6. The molecule has 4 heteroatoms. The molecule has 0 spiro atoms. The summed E-state index contributed by atoms with van der Waals surface area (Å²) in [5, 5.41) is 4.13. The first-order valence-corrected chi connectivity index (χ1v) is 7.40. The van der Waals surface area contributed by atoms with E-state index < -0.39 is 0 Å². The third-order valence-electron chi connectivity index (χ3n) is 3.54. The minimum Gasteiger partial charge on any atom is -0.376 e. The molecular weight excluding hydrogens is 260 g/mol. The average Bonchev–Trinajstić information content (AvgIpc) is 2.90. The van der Waals surface area contributed by atoms with Crippen LogP contribution < -0.4 is 10.2 Å². The molecular formula is C15H23ClN2O. The minimum atomic E-state index is 0.366. The van der Waals surface area contributed by atoms with Crippen LogP contribution in [0.5, 0.6) is 0 Å². The largest absolute Gasteiger partial charge is 0.376 e. The fraction of sp³-hybridized carbons (Fsp3) is 0.600. The van der Waals surface area contributed by atoms with Crippen molar-refractivity contribution in [3.8, 4) is 0 Å². The van der Waals surface area contributed by atoms with Gasteiger partial charge in [-0.25, -0.2) is 0 Å². The summed E-state index contributed by atoms with van der Waals surface area (Å²) in [6.07, 6.45) is 2.71. The summed E-state index contributed by atoms with van der Waals surface area (Å²) in [5.74, 6) is 0. The molecule has 0 aromatic heterocycles. The maximum absolute atomic E-state index is 6.33. The third kappa shape index (κ3) is 4.10. The maximum Gasteiger partial charge on any atom is 0.0750 e. The summed E-state index contributed by atoms with van der Waals surface area (Å²) in [7, 11) is 2.09. The van der Waals surface area contributed by atoms with Crippen molar-refractivity contribution in [2.75, 3.05) is 31.6 Å². The van der Waals surface area contributed by atoms with Gasteiger partial charge in [-0.1, -0.05) is 24.6 Å². The Morgan fingerprint density at radius 3 is 2.95 bits per heavy atom. The molecule has 1 N–H and O–H groups in total. The molecule has 1 atom stereocenters. The van der Waals surface area contributed by atoms with E-state index in [1.807, 2.05) is 6.07 Å². The van der Waals surface area contributed by atoms with Gasteiger partial charge >= 0.3 is 0 Å². The first-order valence-electron chi connectivity index (χ1n) is 7.02. The van der Waals surface area contributed by atoms with Crippen LogP contribution in [0.15, 0.2) is 18.2 Å². The quantitative estimate of drug-likeness (QED) is 0.868. The van der Waals surface area contributed by atoms with Crippen molar-refractivity contribution in [2.45, 2.75) is 32.4 Å². The van der Waals surface area contributed by atoms with E-state index in [9.17, 15) is 0 Å². The van der Waals surface area contributed by atoms with Gasteiger partial charge in [-0.2, -0.15) is 0 Å². The predicted molar refractivity (Wildman–Crippen MR) is 81.1 cm³/mol. The van der Waals surface area contributed by atoms with Gasteiger partial charge in [0, 0.05) is 37.5 Å². The molecule has 0 saturated carbocycles. The average molecular weight is 283 g/mol. The molecule has 0 aliphatic carbocycles. The van der Waals surface area contributed by atoms with Crippen molar-refractivity contribution in [1.29, 1.82) is 0 Å². The zero-order valence-electron chi connectivity index (χ0n) is 11.8. The molecule has 1 fully saturated rings. The summed E-state index contributed by atoms with van der Waals surface area (Å²) < 4.78 is 5.67. The summed E-state index contributed by atoms with van der Waals surface area (Å²) in [5.41, 5.74) is 2.30. The molecule has 0 amide bonds. The van der Waals surface area contributed by atoms with Gasteiger partial charge < -0.3 is 15.0 Å². The van der Waals surface area contributed by atoms with Crippen LogP contribution in [0.4, 0.5) is 5.69 Å². The van der Waals surface area contributed by atoms with Crippen LogP contribution >= 0.6 is 11.6 Å². The Morgan fingerprint density at radius 2 is 2.32 bits per heavy atom. The molecule has 1 unspecified atom stereocenters. The molecule has 0 radical (unpaired) electrons. The molecule has 19 heavy (non-hydrogen) atoms. The Bertz CT molecular complexity index is 405. The lowest BCUT2D eigenvalue weighted by Gasteiger charge is -2.23. The summed E-state index contributed by atoms with van der Waals surface area (Å²) in [6, 6.07) is 6.28. The Balaban J connectivity index is 1.97. The number of benzene rings is 1. The molecule has 3 nitrogen and oxygen atoms in total. The molecule has 1 aliphatic rings. The second-order valence-electron chi connectivity index (χ2n) is 5.07. The fourth-order valence-electron chi connectivity index (χ4n) is 2.38. The van der Waals surface area contributed by atoms with Crippen LogP contribution in [0.3, 0.4) is 0 Å². The molecule has 1 heterocycles. The lowest BCUT2D eigenvalue weighted by Crippen LogP contribution is -2.28. The van der Waals surface area contributed by atoms with Crippen molar-refractivity contribution < 1.29 is 4.74 Å². The van der Waals surface area contributed by atoms with Gasteiger partial charge in [-0.05, 0) is 37.1 Å². The summed E-state index contributed by atoms with van der Waals surface area (Å²) in [4.78, 5) is 2.22. The number of hydrogen-bond donors (Lipinski definition) is 1. The van der Waals surface area contributed by atoms with Gasteiger partial charge in [-0.15, -0.1) is 0 Å². The van der Waals surface area contributed by atoms with Crippen molar-refractivity contribution >= 4 is 17.3 Å². The molecule has 1 saturated heterocycles. The van der Waals surface area contributed by atoms with Gasteiger partial charge in [0.25, 0.3) is 0 Å². The summed E-state index contributed by atoms with van der Waals surface area (Å²) in [6.45, 7) is 5.71. The van der Waals surface area contributed by atoms with Gasteiger partial charge in [0.15, 0.2) is 0 Å². The highest BCUT2D eigenvalue weighted by molar-refractivity contribution is 6.31. The lowest BCUT2D eigenvalue weighted by molar-refractivity contribution is 0.116. The molecule has 1 aromatic rings. The Labute approximate surface area is 120 Å². The van der Waals surface area contributed by atoms with E-state index in [0.717, 1.165) is 48.9 Å². The molecule has 1 aliphatic heterocycles. The highest BCUT2D eigenvalue weighted by atomic mass is 35.5. The van der Waals surface area contributed by atoms with E-state index in [-0.39, 0.29) is 0 Å². The van der Waals surface area contributed by atoms with Gasteiger partial charge in [0.2, 0.25) is 0 Å². The topological polar surface area (TPSA) is 24.5 Å². The highest BCUT2D eigenvalue weighted by Crippen LogP contribution is 2.24. The maximum atomic E-state index is 6.33. The van der Waals surface area contributed by atoms with Crippen LogP contribution in [0.2, 0.25) is 5.02 Å². The minimum absolute atomic E-state index is 0.366. The van der Waals surface area contributed by atoms with Gasteiger partial charge in [0.1, 0.15) is 0 Å². The van der Waals surface area contributed by atoms with Crippen molar-refractivity contribution in [3.63, 3.8) is 0 Å². The zero-order valence-corrected chi connectivity index (χ0v) is 12.5. The second-order valence-corrected chi connectivity index (χ2v) is 5.48. The van der Waals surface area contributed by atoms with Crippen LogP contribution in [0.1, 0.15) is 25.3 Å². The SMILES string of the molecule is CCNCc1ccc(N(C)CC2CCCO2)cc1Cl. The Kier molecular flexibility index (Phi) is 5.49. The third-order valence-corrected chi connectivity index (χ3v) is 3.90. The number of rotatable bonds is 6. The van der Waals surface area contributed by atoms with E-state index in [1.54, 1.807) is 0 Å². The van der Waals surface area contributed by atoms with Crippen LogP contribution in [0, 0.1) is 0 Å². The molecule has 0 bridgehead atoms. The second kappa shape index (κ2) is 7.13. The van der Waals surface area contributed by atoms with Crippen LogP contribution in [0.25, 0.3) is 0 Å². The lowest BCUT2D eigenvalue weighted by atomic mass is 10.1. The Hall–Kier alpha value is -0.770. The fourth-order valence-corrected chi connectivity index (χ4v) is 2.62. The number of ether oxygens (including phenoxy) is 1. The van der Waals surface area contributed by atoms with Crippen molar-refractivity contribution in [2.24, 2.45) is 0 Å². The summed E-state index contributed by atoms with van der Waals surface area (Å²) >= 11 is 6.33. The monoisotopic (exact) mass is 282 g/mol. The number of anilines is 1. The van der Waals surface area contributed by atoms with Gasteiger partial charge in [0.05, 0.1) is 6.10 Å². The first-order chi connectivity index (χ1) is 9.20. The number of hydrogen-bond acceptors (Lipinski definition) is 3. The molecule has 106 valence electrons. The highest BCUT2D eigenvalue weighted by Gasteiger charge is 2.17. The number of nitrogens with zero attached hydrogens (tertiary/aromatic N) is 1. The molecule has 1 aromatic carbocycles.